The highest BCUT2D eigenvalue weighted by Gasteiger charge is 2.27. The number of hydrogen-bond donors (Lipinski definition) is 1. The molecule has 0 spiro atoms. The second-order valence-electron chi connectivity index (χ2n) is 9.06. The van der Waals surface area contributed by atoms with E-state index >= 15 is 0 Å². The Morgan fingerprint density at radius 3 is 2.71 bits per heavy atom. The van der Waals surface area contributed by atoms with Crippen molar-refractivity contribution in [3.05, 3.63) is 41.7 Å². The summed E-state index contributed by atoms with van der Waals surface area (Å²) >= 11 is 6.34. The molecule has 12 heteroatoms. The number of aromatic nitrogens is 6. The van der Waals surface area contributed by atoms with E-state index in [1.54, 1.807) is 24.6 Å². The van der Waals surface area contributed by atoms with Crippen molar-refractivity contribution in [2.75, 3.05) is 61.3 Å². The Morgan fingerprint density at radius 2 is 1.91 bits per heavy atom. The number of fused-ring (bicyclic) bond motifs is 1. The number of nitrogens with zero attached hydrogens (tertiary/aromatic N) is 9. The zero-order valence-electron chi connectivity index (χ0n) is 19.3. The van der Waals surface area contributed by atoms with Gasteiger partial charge in [-0.1, -0.05) is 11.6 Å². The molecule has 6 heterocycles. The van der Waals surface area contributed by atoms with E-state index in [0.717, 1.165) is 58.1 Å². The van der Waals surface area contributed by atoms with Gasteiger partial charge in [0.15, 0.2) is 5.76 Å². The summed E-state index contributed by atoms with van der Waals surface area (Å²) in [4.78, 5) is 25.2. The summed E-state index contributed by atoms with van der Waals surface area (Å²) in [6, 6.07) is 7.37. The minimum atomic E-state index is 0.265. The normalized spacial score (nSPS) is 19.5. The summed E-state index contributed by atoms with van der Waals surface area (Å²) in [5.41, 5.74) is 6.21. The SMILES string of the molecule is Nc1nc(N2CCCC(CN3CCN(c4ncccc4Cl)CC3)C2)nc2nc(-c3ccco3)nn12. The van der Waals surface area contributed by atoms with Gasteiger partial charge < -0.3 is 20.0 Å². The Kier molecular flexibility index (Phi) is 5.86. The second-order valence-corrected chi connectivity index (χ2v) is 9.46. The number of piperazine rings is 1. The van der Waals surface area contributed by atoms with Crippen molar-refractivity contribution in [1.82, 2.24) is 34.4 Å². The van der Waals surface area contributed by atoms with Gasteiger partial charge in [0.25, 0.3) is 5.78 Å². The first kappa shape index (κ1) is 22.1. The number of furan rings is 1. The molecule has 2 fully saturated rings. The maximum Gasteiger partial charge on any atom is 0.259 e. The number of rotatable bonds is 5. The molecule has 182 valence electrons. The number of pyridine rings is 1. The molecule has 4 aromatic heterocycles. The lowest BCUT2D eigenvalue weighted by Gasteiger charge is -2.39. The fraction of sp³-hybridized carbons (Fsp3) is 0.435. The Balaban J connectivity index is 1.11. The van der Waals surface area contributed by atoms with Crippen molar-refractivity contribution in [2.45, 2.75) is 12.8 Å². The quantitative estimate of drug-likeness (QED) is 0.443. The van der Waals surface area contributed by atoms with Crippen LogP contribution in [0, 0.1) is 5.92 Å². The molecule has 35 heavy (non-hydrogen) atoms. The summed E-state index contributed by atoms with van der Waals surface area (Å²) < 4.78 is 6.86. The third kappa shape index (κ3) is 4.48. The van der Waals surface area contributed by atoms with Gasteiger partial charge in [0, 0.05) is 52.0 Å². The van der Waals surface area contributed by atoms with Crippen LogP contribution in [0.2, 0.25) is 5.02 Å². The van der Waals surface area contributed by atoms with Crippen LogP contribution >= 0.6 is 11.6 Å². The van der Waals surface area contributed by atoms with Crippen LogP contribution in [0.3, 0.4) is 0 Å². The van der Waals surface area contributed by atoms with Gasteiger partial charge in [0.2, 0.25) is 17.7 Å². The van der Waals surface area contributed by atoms with Gasteiger partial charge in [0.05, 0.1) is 11.3 Å². The highest BCUT2D eigenvalue weighted by molar-refractivity contribution is 6.32. The number of nitrogens with two attached hydrogens (primary N) is 1. The van der Waals surface area contributed by atoms with Gasteiger partial charge in [-0.05, 0) is 43.0 Å². The molecule has 11 nitrogen and oxygen atoms in total. The van der Waals surface area contributed by atoms with Crippen LogP contribution in [-0.2, 0) is 0 Å². The summed E-state index contributed by atoms with van der Waals surface area (Å²) in [5.74, 6) is 3.72. The summed E-state index contributed by atoms with van der Waals surface area (Å²) in [6.07, 6.45) is 5.66. The molecular weight excluding hydrogens is 468 g/mol. The maximum absolute atomic E-state index is 6.34. The van der Waals surface area contributed by atoms with Gasteiger partial charge in [-0.2, -0.15) is 19.5 Å². The molecule has 6 rings (SSSR count). The fourth-order valence-corrected chi connectivity index (χ4v) is 5.20. The first-order chi connectivity index (χ1) is 17.1. The van der Waals surface area contributed by atoms with E-state index in [1.165, 1.54) is 10.9 Å². The minimum Gasteiger partial charge on any atom is -0.461 e. The number of piperidine rings is 1. The van der Waals surface area contributed by atoms with Crippen molar-refractivity contribution in [1.29, 1.82) is 0 Å². The van der Waals surface area contributed by atoms with E-state index in [2.05, 4.69) is 39.7 Å². The van der Waals surface area contributed by atoms with E-state index in [9.17, 15) is 0 Å². The smallest absolute Gasteiger partial charge is 0.259 e. The predicted octanol–water partition coefficient (Wildman–Crippen LogP) is 2.45. The number of nitrogen functional groups attached to an aromatic ring is 1. The fourth-order valence-electron chi connectivity index (χ4n) is 4.96. The standard InChI is InChI=1S/C23H27ClN10O/c24-17-5-1-7-26-20(17)32-11-9-31(10-12-32)14-16-4-2-8-33(15-16)22-28-21(25)34-23(29-22)27-19(30-34)18-6-3-13-35-18/h1,3,5-7,13,16H,2,4,8-12,14-15H2,(H2,25,27,28,29,30). The van der Waals surface area contributed by atoms with Crippen molar-refractivity contribution < 1.29 is 4.42 Å². The van der Waals surface area contributed by atoms with E-state index < -0.39 is 0 Å². The molecule has 0 saturated carbocycles. The van der Waals surface area contributed by atoms with Gasteiger partial charge >= 0.3 is 0 Å². The summed E-state index contributed by atoms with van der Waals surface area (Å²) in [7, 11) is 0. The lowest BCUT2D eigenvalue weighted by molar-refractivity contribution is 0.205. The molecule has 2 saturated heterocycles. The van der Waals surface area contributed by atoms with Crippen molar-refractivity contribution in [3.8, 4) is 11.6 Å². The number of halogens is 1. The monoisotopic (exact) mass is 494 g/mol. The molecule has 4 aromatic rings. The average molecular weight is 495 g/mol. The highest BCUT2D eigenvalue weighted by atomic mass is 35.5. The third-order valence-electron chi connectivity index (χ3n) is 6.69. The molecule has 2 N–H and O–H groups in total. The number of anilines is 3. The second kappa shape index (κ2) is 9.31. The molecule has 0 bridgehead atoms. The predicted molar refractivity (Wildman–Crippen MR) is 134 cm³/mol. The van der Waals surface area contributed by atoms with E-state index in [-0.39, 0.29) is 5.95 Å². The summed E-state index contributed by atoms with van der Waals surface area (Å²) in [5, 5.41) is 5.10. The first-order valence-corrected chi connectivity index (χ1v) is 12.3. The lowest BCUT2D eigenvalue weighted by atomic mass is 9.97. The van der Waals surface area contributed by atoms with Gasteiger partial charge in [-0.15, -0.1) is 5.10 Å². The van der Waals surface area contributed by atoms with E-state index in [0.29, 0.717) is 34.3 Å². The third-order valence-corrected chi connectivity index (χ3v) is 6.99. The van der Waals surface area contributed by atoms with Crippen LogP contribution < -0.4 is 15.5 Å². The molecular formula is C23H27ClN10O. The van der Waals surface area contributed by atoms with Crippen LogP contribution in [0.5, 0.6) is 0 Å². The van der Waals surface area contributed by atoms with Crippen molar-refractivity contribution in [2.24, 2.45) is 5.92 Å². The van der Waals surface area contributed by atoms with Crippen LogP contribution in [0.15, 0.2) is 41.1 Å². The minimum absolute atomic E-state index is 0.265. The van der Waals surface area contributed by atoms with Gasteiger partial charge in [-0.3, -0.25) is 4.90 Å². The molecule has 1 unspecified atom stereocenters. The molecule has 0 aliphatic carbocycles. The Morgan fingerprint density at radius 1 is 1.03 bits per heavy atom. The van der Waals surface area contributed by atoms with Crippen LogP contribution in [-0.4, -0.2) is 80.3 Å². The maximum atomic E-state index is 6.34. The van der Waals surface area contributed by atoms with Crippen LogP contribution in [0.1, 0.15) is 12.8 Å². The topological polar surface area (TPSA) is 118 Å². The van der Waals surface area contributed by atoms with Crippen LogP contribution in [0.25, 0.3) is 17.4 Å². The first-order valence-electron chi connectivity index (χ1n) is 11.9. The zero-order valence-corrected chi connectivity index (χ0v) is 20.0. The molecule has 0 radical (unpaired) electrons. The molecule has 2 aliphatic heterocycles. The van der Waals surface area contributed by atoms with E-state index in [1.807, 2.05) is 12.1 Å². The average Bonchev–Trinajstić information content (AvgIpc) is 3.56. The van der Waals surface area contributed by atoms with Crippen molar-refractivity contribution in [3.63, 3.8) is 0 Å². The van der Waals surface area contributed by atoms with Crippen molar-refractivity contribution >= 4 is 35.1 Å². The van der Waals surface area contributed by atoms with Gasteiger partial charge in [-0.25, -0.2) is 4.98 Å². The van der Waals surface area contributed by atoms with Crippen LogP contribution in [0.4, 0.5) is 17.7 Å². The molecule has 0 amide bonds. The zero-order chi connectivity index (χ0) is 23.8. The van der Waals surface area contributed by atoms with E-state index in [4.69, 9.17) is 21.8 Å². The number of hydrogen-bond acceptors (Lipinski definition) is 10. The molecule has 0 aromatic carbocycles. The summed E-state index contributed by atoms with van der Waals surface area (Å²) in [6.45, 7) is 6.68. The highest BCUT2D eigenvalue weighted by Crippen LogP contribution is 2.26. The Labute approximate surface area is 207 Å². The molecule has 2 aliphatic rings. The Hall–Kier alpha value is -3.44. The largest absolute Gasteiger partial charge is 0.461 e. The Bertz CT molecular complexity index is 1300. The lowest BCUT2D eigenvalue weighted by Crippen LogP contribution is -2.50. The van der Waals surface area contributed by atoms with Gasteiger partial charge in [0.1, 0.15) is 5.82 Å². The molecule has 1 atom stereocenters.